The predicted molar refractivity (Wildman–Crippen MR) is 363 cm³/mol. The van der Waals surface area contributed by atoms with Crippen molar-refractivity contribution in [1.29, 1.82) is 0 Å². The number of carbonyl (C=O) groups excluding carboxylic acids is 2. The third kappa shape index (κ3) is 20.6. The molecule has 0 aliphatic heterocycles. The first-order chi connectivity index (χ1) is 46.3. The van der Waals surface area contributed by atoms with Crippen LogP contribution in [0.15, 0.2) is 308 Å². The van der Waals surface area contributed by atoms with Crippen molar-refractivity contribution < 1.29 is 118 Å². The van der Waals surface area contributed by atoms with Crippen LogP contribution in [-0.2, 0) is 61.6 Å². The third-order valence-electron chi connectivity index (χ3n) is 14.1. The van der Waals surface area contributed by atoms with E-state index in [2.05, 4.69) is 193 Å². The molecule has 0 aliphatic rings. The largest absolute Gasteiger partial charge is 1.00 e. The van der Waals surface area contributed by atoms with Gasteiger partial charge in [0, 0.05) is 0 Å². The summed E-state index contributed by atoms with van der Waals surface area (Å²) < 4.78 is 182. The number of fused-ring (bicyclic) bond motifs is 4. The summed E-state index contributed by atoms with van der Waals surface area (Å²) in [6.07, 6.45) is 0. The third-order valence-corrected chi connectivity index (χ3v) is 20.9. The average Bonchev–Trinajstić information content (AvgIpc) is 0.774. The van der Waals surface area contributed by atoms with Crippen LogP contribution in [0.4, 0.5) is 30.7 Å². The van der Waals surface area contributed by atoms with Crippen LogP contribution in [0.2, 0.25) is 0 Å². The van der Waals surface area contributed by atoms with Crippen molar-refractivity contribution in [2.24, 2.45) is 0 Å². The maximum Gasteiger partial charge on any atom is 1.00 e. The predicted octanol–water partition coefficient (Wildman–Crippen LogP) is 14.2. The topological polar surface area (TPSA) is 221 Å². The number of ether oxygens (including phenoxy) is 2. The molecule has 99 heavy (non-hydrogen) atoms. The van der Waals surface area contributed by atoms with E-state index >= 15 is 0 Å². The van der Waals surface area contributed by atoms with Crippen LogP contribution in [0, 0.1) is 13.8 Å². The molecule has 0 saturated carbocycles. The molecule has 13 nitrogen and oxygen atoms in total. The van der Waals surface area contributed by atoms with E-state index in [0.717, 1.165) is 0 Å². The summed E-state index contributed by atoms with van der Waals surface area (Å²) in [5.41, 5.74) is -2.95. The monoisotopic (exact) mass is 1460 g/mol. The number of hydrogen-bond acceptors (Lipinski definition) is 12. The van der Waals surface area contributed by atoms with Crippen LogP contribution in [0.25, 0.3) is 43.1 Å². The quantitative estimate of drug-likeness (QED) is 0.0204. The van der Waals surface area contributed by atoms with Gasteiger partial charge < -0.3 is 18.6 Å². The summed E-state index contributed by atoms with van der Waals surface area (Å²) in [6, 6.07) is 91.7. The number of carbonyl (C=O) groups is 2. The van der Waals surface area contributed by atoms with Gasteiger partial charge in [0.25, 0.3) is 0 Å². The molecule has 1 N–H and O–H groups in total. The molecule has 0 saturated heterocycles. The van der Waals surface area contributed by atoms with Crippen LogP contribution < -0.4 is 29.6 Å². The Morgan fingerprint density at radius 2 is 0.586 bits per heavy atom. The van der Waals surface area contributed by atoms with Crippen LogP contribution in [-0.4, -0.2) is 80.1 Å². The number of halogens is 7. The van der Waals surface area contributed by atoms with E-state index in [0.29, 0.717) is 43.1 Å². The Bertz CT molecular complexity index is 4590. The second kappa shape index (κ2) is 34.1. The zero-order valence-corrected chi connectivity index (χ0v) is 58.6. The van der Waals surface area contributed by atoms with Gasteiger partial charge in [-0.25, -0.2) is 26.4 Å². The zero-order valence-electron chi connectivity index (χ0n) is 52.5. The van der Waals surface area contributed by atoms with Crippen molar-refractivity contribution in [3.63, 3.8) is 0 Å². The van der Waals surface area contributed by atoms with Gasteiger partial charge in [0.05, 0.1) is 32.9 Å². The van der Waals surface area contributed by atoms with E-state index in [1.54, 1.807) is 97.1 Å². The SMILES string of the molecule is Cc1ccc([S+](c2ccccc2)c2ccccc2)cc1.Cc1ccc([S+](c2ccccc2)c2ccccc2)cc1.O=C(OCC(F)(F)S(=O)(=O)O)c1c2ccccc2cc2ccccc12.O=C(OCC(F)(F)S(=O)(=O)[O-])c1c2ccccc2cc2ccccc12.O=S(=O)([O-])C(F)(F)F.[Na+]. The number of rotatable bonds is 14. The molecule has 12 rings (SSSR count). The Hall–Kier alpha value is -8.44. The fraction of sp³-hybridized carbons (Fsp3) is 0.0959. The molecule has 0 radical (unpaired) electrons. The van der Waals surface area contributed by atoms with Crippen LogP contribution in [0.1, 0.15) is 31.8 Å². The average molecular weight is 1460 g/mol. The van der Waals surface area contributed by atoms with E-state index < -0.39 is 71.5 Å². The van der Waals surface area contributed by atoms with Crippen molar-refractivity contribution in [2.45, 2.75) is 59.2 Å². The fourth-order valence-electron chi connectivity index (χ4n) is 9.45. The molecule has 0 unspecified atom stereocenters. The maximum absolute atomic E-state index is 13.3. The van der Waals surface area contributed by atoms with Gasteiger partial charge in [-0.15, -0.1) is 0 Å². The minimum atomic E-state index is -6.09. The molecule has 12 aromatic carbocycles. The Kier molecular flexibility index (Phi) is 26.8. The Morgan fingerprint density at radius 3 is 0.818 bits per heavy atom. The Labute approximate surface area is 594 Å². The van der Waals surface area contributed by atoms with Crippen molar-refractivity contribution in [3.05, 3.63) is 301 Å². The number of aryl methyl sites for hydroxylation is 2. The number of benzene rings is 12. The first kappa shape index (κ1) is 77.9. The van der Waals surface area contributed by atoms with Crippen molar-refractivity contribution in [2.75, 3.05) is 13.2 Å². The van der Waals surface area contributed by atoms with Gasteiger partial charge in [-0.1, -0.05) is 205 Å². The van der Waals surface area contributed by atoms with Crippen molar-refractivity contribution in [3.8, 4) is 0 Å². The molecule has 0 spiro atoms. The number of esters is 2. The first-order valence-corrected chi connectivity index (χ1v) is 35.7. The molecule has 0 bridgehead atoms. The number of hydrogen-bond donors (Lipinski definition) is 1. The van der Waals surface area contributed by atoms with Crippen LogP contribution >= 0.6 is 0 Å². The molecular weight excluding hydrogens is 1400 g/mol. The Balaban J connectivity index is 0.000000179. The van der Waals surface area contributed by atoms with E-state index in [1.807, 2.05) is 12.1 Å². The normalized spacial score (nSPS) is 11.7. The second-order valence-corrected chi connectivity index (χ2v) is 29.6. The zero-order chi connectivity index (χ0) is 71.1. The smallest absolute Gasteiger partial charge is 0.743 e. The van der Waals surface area contributed by atoms with Gasteiger partial charge in [-0.3, -0.25) is 4.55 Å². The molecule has 0 heterocycles. The minimum Gasteiger partial charge on any atom is -0.743 e. The van der Waals surface area contributed by atoms with Crippen molar-refractivity contribution in [1.82, 2.24) is 0 Å². The molecule has 0 aliphatic carbocycles. The second-order valence-electron chi connectivity index (χ2n) is 21.1. The van der Waals surface area contributed by atoms with Gasteiger partial charge in [-0.05, 0) is 142 Å². The van der Waals surface area contributed by atoms with E-state index in [4.69, 9.17) is 17.5 Å². The molecule has 506 valence electrons. The van der Waals surface area contributed by atoms with Gasteiger partial charge >= 0.3 is 67.6 Å². The van der Waals surface area contributed by atoms with E-state index in [-0.39, 0.29) is 62.5 Å². The molecule has 0 amide bonds. The van der Waals surface area contributed by atoms with Crippen LogP contribution in [0.3, 0.4) is 0 Å². The molecule has 0 fully saturated rings. The minimum absolute atomic E-state index is 0. The van der Waals surface area contributed by atoms with Gasteiger partial charge in [0.15, 0.2) is 62.8 Å². The van der Waals surface area contributed by atoms with Crippen molar-refractivity contribution >= 4 is 107 Å². The summed E-state index contributed by atoms with van der Waals surface area (Å²) in [6.45, 7) is 0.650. The number of alkyl halides is 7. The molecule has 12 aromatic rings. The molecule has 0 aromatic heterocycles. The molecule has 26 heteroatoms. The summed E-state index contributed by atoms with van der Waals surface area (Å²) in [7, 11) is -17.7. The Morgan fingerprint density at radius 1 is 0.364 bits per heavy atom. The molecule has 0 atom stereocenters. The summed E-state index contributed by atoms with van der Waals surface area (Å²) in [4.78, 5) is 33.0. The van der Waals surface area contributed by atoms with Gasteiger partial charge in [0.2, 0.25) is 0 Å². The summed E-state index contributed by atoms with van der Waals surface area (Å²) >= 11 is 0. The van der Waals surface area contributed by atoms with E-state index in [9.17, 15) is 61.7 Å². The van der Waals surface area contributed by atoms with Gasteiger partial charge in [-0.2, -0.15) is 39.2 Å². The maximum atomic E-state index is 13.3. The van der Waals surface area contributed by atoms with Gasteiger partial charge in [0.1, 0.15) is 0 Å². The summed E-state index contributed by atoms with van der Waals surface area (Å²) in [5.74, 6) is -2.23. The summed E-state index contributed by atoms with van der Waals surface area (Å²) in [5, 5.41) is -4.56. The standard InChI is InChI=1S/2C19H17S.2C17H12F2O5S.CHF3O3S.Na/c2*1-16-12-14-19(15-13-16)20(17-8-4-2-5-9-17)18-10-6-3-7-11-18;2*18-17(19,25(21,22)23)10-24-16(20)15-13-7-3-1-5-11(13)9-12-6-2-4-8-14(12)15;2-1(3,4)8(5,6)7;/h2*2-15H,1H3;2*1-9H,10H2,(H,21,22,23);(H,5,6,7);/q2*+1;;;;+1/p-2. The van der Waals surface area contributed by atoms with E-state index in [1.165, 1.54) is 40.5 Å². The molecular formula is C73H57F7NaO13S5+. The van der Waals surface area contributed by atoms with Crippen LogP contribution in [0.5, 0.6) is 0 Å². The fourth-order valence-corrected chi connectivity index (χ4v) is 14.0. The first-order valence-electron chi connectivity index (χ1n) is 29.0.